The topological polar surface area (TPSA) is 93.5 Å². The third-order valence-corrected chi connectivity index (χ3v) is 5.54. The van der Waals surface area contributed by atoms with Crippen molar-refractivity contribution in [2.45, 2.75) is 32.6 Å². The van der Waals surface area contributed by atoms with Crippen LogP contribution in [0.15, 0.2) is 36.7 Å². The fourth-order valence-corrected chi connectivity index (χ4v) is 3.57. The molecule has 1 N–H and O–H groups in total. The molecule has 1 aliphatic heterocycles. The number of piperidine rings is 1. The second kappa shape index (κ2) is 10.7. The Balaban J connectivity index is 1.35. The minimum absolute atomic E-state index is 0.00913. The molecule has 2 heterocycles. The number of likely N-dealkylation sites (tertiary alicyclic amines) is 1. The number of aromatic nitrogens is 2. The minimum atomic E-state index is -0.118. The maximum absolute atomic E-state index is 12.5. The van der Waals surface area contributed by atoms with E-state index in [0.717, 1.165) is 18.4 Å². The van der Waals surface area contributed by atoms with Crippen molar-refractivity contribution in [2.75, 3.05) is 26.2 Å². The Bertz CT molecular complexity index is 899. The van der Waals surface area contributed by atoms with Gasteiger partial charge in [-0.3, -0.25) is 14.3 Å². The molecule has 0 bridgehead atoms. The molecule has 31 heavy (non-hydrogen) atoms. The molecule has 166 valence electrons. The lowest BCUT2D eigenvalue weighted by molar-refractivity contribution is -0.134. The predicted octanol–water partition coefficient (Wildman–Crippen LogP) is 1.99. The molecule has 2 amide bonds. The van der Waals surface area contributed by atoms with Crippen LogP contribution in [0.3, 0.4) is 0 Å². The van der Waals surface area contributed by atoms with Gasteiger partial charge in [-0.1, -0.05) is 12.1 Å². The van der Waals surface area contributed by atoms with Crippen LogP contribution in [0.1, 0.15) is 42.1 Å². The Morgan fingerprint density at radius 1 is 1.16 bits per heavy atom. The summed E-state index contributed by atoms with van der Waals surface area (Å²) in [5.74, 6) is 1.03. The van der Waals surface area contributed by atoms with Crippen LogP contribution >= 0.6 is 0 Å². The Morgan fingerprint density at radius 2 is 1.87 bits per heavy atom. The average molecular weight is 427 g/mol. The second-order valence-electron chi connectivity index (χ2n) is 8.07. The zero-order valence-electron chi connectivity index (χ0n) is 18.2. The second-order valence-corrected chi connectivity index (χ2v) is 8.07. The highest BCUT2D eigenvalue weighted by Crippen LogP contribution is 2.18. The first-order valence-electron chi connectivity index (χ1n) is 10.7. The van der Waals surface area contributed by atoms with Crippen LogP contribution in [0.25, 0.3) is 0 Å². The fourth-order valence-electron chi connectivity index (χ4n) is 3.57. The van der Waals surface area contributed by atoms with Crippen LogP contribution in [-0.2, 0) is 23.1 Å². The molecule has 0 saturated carbocycles. The standard InChI is InChI=1S/C23H30N4O4/c1-17(28)3-4-18-5-7-21(8-6-18)31-16-22(29)27-11-9-19(10-12-27)13-24-23(30)20-14-25-26(2)15-20/h5-8,14-15,19H,3-4,9-13,16H2,1-2H3,(H,24,30). The third kappa shape index (κ3) is 6.94. The minimum Gasteiger partial charge on any atom is -0.484 e. The average Bonchev–Trinajstić information content (AvgIpc) is 3.22. The van der Waals surface area contributed by atoms with Crippen LogP contribution in [0.5, 0.6) is 5.75 Å². The van der Waals surface area contributed by atoms with Crippen molar-refractivity contribution >= 4 is 17.6 Å². The molecule has 1 aromatic carbocycles. The van der Waals surface area contributed by atoms with Crippen LogP contribution in [0.2, 0.25) is 0 Å². The summed E-state index contributed by atoms with van der Waals surface area (Å²) in [4.78, 5) is 37.5. The van der Waals surface area contributed by atoms with E-state index in [-0.39, 0.29) is 24.2 Å². The van der Waals surface area contributed by atoms with E-state index in [1.807, 2.05) is 29.2 Å². The van der Waals surface area contributed by atoms with Crippen molar-refractivity contribution < 1.29 is 19.1 Å². The first-order valence-corrected chi connectivity index (χ1v) is 10.7. The van der Waals surface area contributed by atoms with Crippen LogP contribution in [0.4, 0.5) is 0 Å². The molecule has 3 rings (SSSR count). The largest absolute Gasteiger partial charge is 0.484 e. The van der Waals surface area contributed by atoms with E-state index in [4.69, 9.17) is 4.74 Å². The maximum atomic E-state index is 12.5. The SMILES string of the molecule is CC(=O)CCc1ccc(OCC(=O)N2CCC(CNC(=O)c3cnn(C)c3)CC2)cc1. The summed E-state index contributed by atoms with van der Waals surface area (Å²) >= 11 is 0. The molecule has 0 unspecified atom stereocenters. The third-order valence-electron chi connectivity index (χ3n) is 5.54. The molecule has 0 spiro atoms. The van der Waals surface area contributed by atoms with E-state index < -0.39 is 0 Å². The molecule has 1 fully saturated rings. The van der Waals surface area contributed by atoms with Crippen molar-refractivity contribution in [3.63, 3.8) is 0 Å². The number of aryl methyl sites for hydroxylation is 2. The van der Waals surface area contributed by atoms with Gasteiger partial charge in [-0.2, -0.15) is 5.10 Å². The highest BCUT2D eigenvalue weighted by molar-refractivity contribution is 5.93. The van der Waals surface area contributed by atoms with Crippen LogP contribution in [-0.4, -0.2) is 58.5 Å². The highest BCUT2D eigenvalue weighted by atomic mass is 16.5. The van der Waals surface area contributed by atoms with E-state index in [2.05, 4.69) is 10.4 Å². The van der Waals surface area contributed by atoms with Crippen molar-refractivity contribution in [1.82, 2.24) is 20.0 Å². The monoisotopic (exact) mass is 426 g/mol. The molecule has 8 nitrogen and oxygen atoms in total. The lowest BCUT2D eigenvalue weighted by atomic mass is 9.96. The lowest BCUT2D eigenvalue weighted by Gasteiger charge is -2.32. The van der Waals surface area contributed by atoms with Crippen molar-refractivity contribution in [2.24, 2.45) is 13.0 Å². The molecule has 0 aliphatic carbocycles. The van der Waals surface area contributed by atoms with Gasteiger partial charge in [0, 0.05) is 39.3 Å². The van der Waals surface area contributed by atoms with E-state index in [0.29, 0.717) is 49.7 Å². The number of hydrogen-bond acceptors (Lipinski definition) is 5. The summed E-state index contributed by atoms with van der Waals surface area (Å²) in [5.41, 5.74) is 1.63. The van der Waals surface area contributed by atoms with Gasteiger partial charge in [0.15, 0.2) is 6.61 Å². The lowest BCUT2D eigenvalue weighted by Crippen LogP contribution is -2.43. The Hall–Kier alpha value is -3.16. The molecule has 1 aromatic heterocycles. The summed E-state index contributed by atoms with van der Waals surface area (Å²) in [6, 6.07) is 7.52. The number of amides is 2. The van der Waals surface area contributed by atoms with Crippen molar-refractivity contribution in [3.05, 3.63) is 47.8 Å². The number of ketones is 1. The number of rotatable bonds is 9. The first-order chi connectivity index (χ1) is 14.9. The smallest absolute Gasteiger partial charge is 0.260 e. The van der Waals surface area contributed by atoms with Gasteiger partial charge in [0.2, 0.25) is 0 Å². The van der Waals surface area contributed by atoms with E-state index >= 15 is 0 Å². The van der Waals surface area contributed by atoms with E-state index in [1.165, 1.54) is 0 Å². The summed E-state index contributed by atoms with van der Waals surface area (Å²) in [6.45, 7) is 3.53. The van der Waals surface area contributed by atoms with Crippen molar-refractivity contribution in [3.8, 4) is 5.75 Å². The van der Waals surface area contributed by atoms with Gasteiger partial charge in [0.25, 0.3) is 11.8 Å². The Morgan fingerprint density at radius 3 is 2.48 bits per heavy atom. The molecular weight excluding hydrogens is 396 g/mol. The van der Waals surface area contributed by atoms with E-state index in [1.54, 1.807) is 31.0 Å². The number of nitrogens with one attached hydrogen (secondary N) is 1. The van der Waals surface area contributed by atoms with E-state index in [9.17, 15) is 14.4 Å². The molecule has 8 heteroatoms. The maximum Gasteiger partial charge on any atom is 0.260 e. The molecule has 1 saturated heterocycles. The van der Waals surface area contributed by atoms with Crippen LogP contribution < -0.4 is 10.1 Å². The molecule has 1 aliphatic rings. The fraction of sp³-hybridized carbons (Fsp3) is 0.478. The quantitative estimate of drug-likeness (QED) is 0.662. The zero-order chi connectivity index (χ0) is 22.2. The summed E-state index contributed by atoms with van der Waals surface area (Å²) in [6.07, 6.45) is 6.19. The number of hydrogen-bond donors (Lipinski definition) is 1. The normalized spacial score (nSPS) is 14.3. The zero-order valence-corrected chi connectivity index (χ0v) is 18.2. The number of carbonyl (C=O) groups is 3. The van der Waals surface area contributed by atoms with Crippen LogP contribution in [0, 0.1) is 5.92 Å². The van der Waals surface area contributed by atoms with Gasteiger partial charge in [-0.05, 0) is 49.8 Å². The number of ether oxygens (including phenoxy) is 1. The first kappa shape index (κ1) is 22.5. The predicted molar refractivity (Wildman–Crippen MR) is 116 cm³/mol. The number of Topliss-reactive ketones (excluding diaryl/α,β-unsaturated/α-hetero) is 1. The summed E-state index contributed by atoms with van der Waals surface area (Å²) < 4.78 is 7.24. The molecule has 2 aromatic rings. The number of nitrogens with zero attached hydrogens (tertiary/aromatic N) is 3. The van der Waals surface area contributed by atoms with Gasteiger partial charge >= 0.3 is 0 Å². The van der Waals surface area contributed by atoms with Gasteiger partial charge < -0.3 is 19.7 Å². The van der Waals surface area contributed by atoms with Gasteiger partial charge in [-0.25, -0.2) is 0 Å². The van der Waals surface area contributed by atoms with Crippen molar-refractivity contribution in [1.29, 1.82) is 0 Å². The molecular formula is C23H30N4O4. The molecule has 0 atom stereocenters. The van der Waals surface area contributed by atoms with Gasteiger partial charge in [0.05, 0.1) is 11.8 Å². The number of benzene rings is 1. The Labute approximate surface area is 182 Å². The van der Waals surface area contributed by atoms with Gasteiger partial charge in [-0.15, -0.1) is 0 Å². The summed E-state index contributed by atoms with van der Waals surface area (Å²) in [7, 11) is 1.78. The van der Waals surface area contributed by atoms with Gasteiger partial charge in [0.1, 0.15) is 11.5 Å². The molecule has 0 radical (unpaired) electrons. The summed E-state index contributed by atoms with van der Waals surface area (Å²) in [5, 5.41) is 6.96. The highest BCUT2D eigenvalue weighted by Gasteiger charge is 2.23. The number of carbonyl (C=O) groups excluding carboxylic acids is 3. The Kier molecular flexibility index (Phi) is 7.81.